The van der Waals surface area contributed by atoms with Crippen LogP contribution in [0.4, 0.5) is 4.79 Å². The lowest BCUT2D eigenvalue weighted by Gasteiger charge is -2.37. The number of nitrogens with one attached hydrogen (secondary N) is 1. The molecule has 2 heterocycles. The van der Waals surface area contributed by atoms with Crippen molar-refractivity contribution >= 4 is 16.1 Å². The van der Waals surface area contributed by atoms with Crippen molar-refractivity contribution in [2.45, 2.75) is 49.1 Å². The Morgan fingerprint density at radius 3 is 2.42 bits per heavy atom. The number of piperidine rings is 2. The minimum Gasteiger partial charge on any atom is -0.394 e. The van der Waals surface area contributed by atoms with Crippen molar-refractivity contribution in [2.75, 3.05) is 26.2 Å². The second-order valence-electron chi connectivity index (χ2n) is 6.97. The number of likely N-dealkylation sites (tertiary alicyclic amines) is 1. The number of hydrogen-bond donors (Lipinski definition) is 2. The molecule has 2 saturated heterocycles. The van der Waals surface area contributed by atoms with Crippen molar-refractivity contribution in [1.82, 2.24) is 14.5 Å². The van der Waals surface area contributed by atoms with Gasteiger partial charge in [-0.15, -0.1) is 0 Å². The molecular weight excluding hydrogens is 354 g/mol. The average molecular weight is 381 g/mol. The second kappa shape index (κ2) is 8.37. The molecule has 0 spiro atoms. The SMILES string of the molecule is O=C(NC1CCN(S(=O)(=O)c2ccccc2)CC1)N1CCCCC1CO. The largest absolute Gasteiger partial charge is 0.394 e. The monoisotopic (exact) mass is 381 g/mol. The topological polar surface area (TPSA) is 90.0 Å². The van der Waals surface area contributed by atoms with Gasteiger partial charge in [0.2, 0.25) is 10.0 Å². The number of sulfonamides is 1. The summed E-state index contributed by atoms with van der Waals surface area (Å²) in [7, 11) is -3.47. The maximum Gasteiger partial charge on any atom is 0.317 e. The zero-order chi connectivity index (χ0) is 18.6. The summed E-state index contributed by atoms with van der Waals surface area (Å²) in [5.74, 6) is 0. The summed E-state index contributed by atoms with van der Waals surface area (Å²) in [6.45, 7) is 1.44. The zero-order valence-electron chi connectivity index (χ0n) is 14.9. The maximum atomic E-state index is 12.6. The number of rotatable bonds is 4. The van der Waals surface area contributed by atoms with Crippen LogP contribution in [0.2, 0.25) is 0 Å². The molecule has 26 heavy (non-hydrogen) atoms. The Kier molecular flexibility index (Phi) is 6.16. The molecule has 144 valence electrons. The smallest absolute Gasteiger partial charge is 0.317 e. The Labute approximate surface area is 155 Å². The molecule has 3 rings (SSSR count). The van der Waals surface area contributed by atoms with Crippen molar-refractivity contribution in [2.24, 2.45) is 0 Å². The number of aliphatic hydroxyl groups excluding tert-OH is 1. The molecular formula is C18H27N3O4S. The van der Waals surface area contributed by atoms with E-state index in [0.717, 1.165) is 19.3 Å². The molecule has 0 radical (unpaired) electrons. The van der Waals surface area contributed by atoms with Gasteiger partial charge in [-0.25, -0.2) is 13.2 Å². The summed E-state index contributed by atoms with van der Waals surface area (Å²) >= 11 is 0. The molecule has 0 aromatic heterocycles. The molecule has 8 heteroatoms. The van der Waals surface area contributed by atoms with E-state index < -0.39 is 10.0 Å². The minimum absolute atomic E-state index is 0.0127. The van der Waals surface area contributed by atoms with Crippen LogP contribution in [0, 0.1) is 0 Å². The lowest BCUT2D eigenvalue weighted by atomic mass is 10.0. The molecule has 2 aliphatic heterocycles. The van der Waals surface area contributed by atoms with E-state index in [-0.39, 0.29) is 24.7 Å². The van der Waals surface area contributed by atoms with E-state index in [0.29, 0.717) is 37.4 Å². The molecule has 0 aliphatic carbocycles. The molecule has 1 aromatic carbocycles. The van der Waals surface area contributed by atoms with Crippen molar-refractivity contribution in [3.8, 4) is 0 Å². The van der Waals surface area contributed by atoms with Crippen LogP contribution in [-0.4, -0.2) is 67.1 Å². The molecule has 1 atom stereocenters. The number of amides is 2. The Morgan fingerprint density at radius 2 is 1.77 bits per heavy atom. The van der Waals surface area contributed by atoms with E-state index in [9.17, 15) is 18.3 Å². The van der Waals surface area contributed by atoms with Gasteiger partial charge in [0.15, 0.2) is 0 Å². The highest BCUT2D eigenvalue weighted by Crippen LogP contribution is 2.21. The van der Waals surface area contributed by atoms with E-state index in [1.807, 2.05) is 0 Å². The summed E-state index contributed by atoms with van der Waals surface area (Å²) < 4.78 is 26.8. The summed E-state index contributed by atoms with van der Waals surface area (Å²) in [4.78, 5) is 14.5. The van der Waals surface area contributed by atoms with E-state index in [1.165, 1.54) is 4.31 Å². The van der Waals surface area contributed by atoms with Gasteiger partial charge in [-0.2, -0.15) is 4.31 Å². The fourth-order valence-electron chi connectivity index (χ4n) is 3.70. The van der Waals surface area contributed by atoms with Gasteiger partial charge in [-0.05, 0) is 44.2 Å². The van der Waals surface area contributed by atoms with Crippen LogP contribution in [0.3, 0.4) is 0 Å². The van der Waals surface area contributed by atoms with Crippen LogP contribution in [0.15, 0.2) is 35.2 Å². The van der Waals surface area contributed by atoms with Crippen LogP contribution in [0.1, 0.15) is 32.1 Å². The highest BCUT2D eigenvalue weighted by Gasteiger charge is 2.32. The average Bonchev–Trinajstić information content (AvgIpc) is 2.69. The Bertz CT molecular complexity index is 702. The van der Waals surface area contributed by atoms with Crippen molar-refractivity contribution < 1.29 is 18.3 Å². The third kappa shape index (κ3) is 4.19. The summed E-state index contributed by atoms with van der Waals surface area (Å²) in [6.07, 6.45) is 4.00. The number of benzene rings is 1. The molecule has 1 aromatic rings. The minimum atomic E-state index is -3.47. The predicted octanol–water partition coefficient (Wildman–Crippen LogP) is 1.40. The third-order valence-corrected chi connectivity index (χ3v) is 7.17. The van der Waals surface area contributed by atoms with E-state index in [4.69, 9.17) is 0 Å². The molecule has 2 N–H and O–H groups in total. The molecule has 0 bridgehead atoms. The lowest BCUT2D eigenvalue weighted by molar-refractivity contribution is 0.104. The highest BCUT2D eigenvalue weighted by atomic mass is 32.2. The first-order chi connectivity index (χ1) is 12.5. The van der Waals surface area contributed by atoms with Gasteiger partial charge in [0.25, 0.3) is 0 Å². The summed E-state index contributed by atoms with van der Waals surface area (Å²) in [5.41, 5.74) is 0. The van der Waals surface area contributed by atoms with Crippen LogP contribution in [0.25, 0.3) is 0 Å². The second-order valence-corrected chi connectivity index (χ2v) is 8.90. The molecule has 2 fully saturated rings. The first-order valence-corrected chi connectivity index (χ1v) is 10.7. The van der Waals surface area contributed by atoms with Gasteiger partial charge in [0, 0.05) is 25.7 Å². The molecule has 0 saturated carbocycles. The maximum absolute atomic E-state index is 12.6. The molecule has 2 amide bonds. The first-order valence-electron chi connectivity index (χ1n) is 9.25. The van der Waals surface area contributed by atoms with Crippen LogP contribution < -0.4 is 5.32 Å². The van der Waals surface area contributed by atoms with Crippen molar-refractivity contribution in [3.63, 3.8) is 0 Å². The van der Waals surface area contributed by atoms with Crippen LogP contribution in [0.5, 0.6) is 0 Å². The number of aliphatic hydroxyl groups is 1. The Morgan fingerprint density at radius 1 is 1.08 bits per heavy atom. The van der Waals surface area contributed by atoms with Crippen molar-refractivity contribution in [3.05, 3.63) is 30.3 Å². The van der Waals surface area contributed by atoms with Gasteiger partial charge in [0.05, 0.1) is 17.5 Å². The summed E-state index contributed by atoms with van der Waals surface area (Å²) in [6, 6.07) is 8.15. The number of urea groups is 1. The quantitative estimate of drug-likeness (QED) is 0.825. The lowest BCUT2D eigenvalue weighted by Crippen LogP contribution is -2.54. The van der Waals surface area contributed by atoms with Gasteiger partial charge in [-0.3, -0.25) is 0 Å². The van der Waals surface area contributed by atoms with Crippen molar-refractivity contribution in [1.29, 1.82) is 0 Å². The van der Waals surface area contributed by atoms with Gasteiger partial charge < -0.3 is 15.3 Å². The van der Waals surface area contributed by atoms with E-state index >= 15 is 0 Å². The van der Waals surface area contributed by atoms with E-state index in [2.05, 4.69) is 5.32 Å². The summed E-state index contributed by atoms with van der Waals surface area (Å²) in [5, 5.41) is 12.5. The number of carbonyl (C=O) groups excluding carboxylic acids is 1. The molecule has 7 nitrogen and oxygen atoms in total. The normalized spacial score (nSPS) is 23.0. The zero-order valence-corrected chi connectivity index (χ0v) is 15.7. The molecule has 2 aliphatic rings. The van der Waals surface area contributed by atoms with Gasteiger partial charge >= 0.3 is 6.03 Å². The third-order valence-electron chi connectivity index (χ3n) is 5.26. The first kappa shape index (κ1) is 19.1. The number of hydrogen-bond acceptors (Lipinski definition) is 4. The van der Waals surface area contributed by atoms with Gasteiger partial charge in [0.1, 0.15) is 0 Å². The fourth-order valence-corrected chi connectivity index (χ4v) is 5.19. The molecule has 1 unspecified atom stereocenters. The van der Waals surface area contributed by atoms with Crippen LogP contribution in [-0.2, 0) is 10.0 Å². The van der Waals surface area contributed by atoms with Crippen LogP contribution >= 0.6 is 0 Å². The highest BCUT2D eigenvalue weighted by molar-refractivity contribution is 7.89. The number of carbonyl (C=O) groups is 1. The Hall–Kier alpha value is -1.64. The van der Waals surface area contributed by atoms with E-state index in [1.54, 1.807) is 35.2 Å². The van der Waals surface area contributed by atoms with Gasteiger partial charge in [-0.1, -0.05) is 18.2 Å². The Balaban J connectivity index is 1.54. The standard InChI is InChI=1S/C18H27N3O4S/c22-14-16-6-4-5-11-21(16)18(23)19-15-9-12-20(13-10-15)26(24,25)17-7-2-1-3-8-17/h1-3,7-8,15-16,22H,4-6,9-14H2,(H,19,23). The predicted molar refractivity (Wildman–Crippen MR) is 98.2 cm³/mol. The fraction of sp³-hybridized carbons (Fsp3) is 0.611. The number of nitrogens with zero attached hydrogens (tertiary/aromatic N) is 2.